The molecule has 2 N–H and O–H groups in total. The zero-order valence-corrected chi connectivity index (χ0v) is 14.4. The van der Waals surface area contributed by atoms with Gasteiger partial charge in [-0.15, -0.1) is 0 Å². The molecule has 0 spiro atoms. The third-order valence-electron chi connectivity index (χ3n) is 3.77. The number of hydrogen-bond acceptors (Lipinski definition) is 2. The maximum atomic E-state index is 5.06. The van der Waals surface area contributed by atoms with Crippen LogP contribution in [0, 0.1) is 0 Å². The number of halogens is 1. The van der Waals surface area contributed by atoms with E-state index in [2.05, 4.69) is 57.8 Å². The Labute approximate surface area is 135 Å². The van der Waals surface area contributed by atoms with Gasteiger partial charge in [0, 0.05) is 30.1 Å². The molecule has 1 saturated carbocycles. The molecule has 5 heteroatoms. The molecule has 0 heterocycles. The molecule has 1 aliphatic rings. The molecule has 0 bridgehead atoms. The van der Waals surface area contributed by atoms with Gasteiger partial charge in [-0.3, -0.25) is 4.99 Å². The molecule has 1 aromatic carbocycles. The molecule has 1 aliphatic carbocycles. The van der Waals surface area contributed by atoms with Crippen LogP contribution in [-0.2, 0) is 10.2 Å². The predicted octanol–water partition coefficient (Wildman–Crippen LogP) is 2.68. The Hall–Kier alpha value is -1.07. The van der Waals surface area contributed by atoms with Gasteiger partial charge in [-0.1, -0.05) is 28.1 Å². The monoisotopic (exact) mass is 353 g/mol. The van der Waals surface area contributed by atoms with Crippen LogP contribution in [0.4, 0.5) is 0 Å². The van der Waals surface area contributed by atoms with Gasteiger partial charge in [-0.2, -0.15) is 0 Å². The molecule has 4 nitrogen and oxygen atoms in total. The summed E-state index contributed by atoms with van der Waals surface area (Å²) in [7, 11) is 1.71. The zero-order chi connectivity index (χ0) is 15.1. The predicted molar refractivity (Wildman–Crippen MR) is 90.9 cm³/mol. The smallest absolute Gasteiger partial charge is 0.191 e. The van der Waals surface area contributed by atoms with Gasteiger partial charge in [-0.25, -0.2) is 0 Å². The standard InChI is InChI=1S/C16H24BrN3O/c1-3-18-15(19-9-10-21-2)20-12-16(7-8-16)13-5-4-6-14(17)11-13/h4-6,11H,3,7-10,12H2,1-2H3,(H2,18,19,20). The summed E-state index contributed by atoms with van der Waals surface area (Å²) < 4.78 is 6.20. The van der Waals surface area contributed by atoms with Crippen LogP contribution in [0.25, 0.3) is 0 Å². The highest BCUT2D eigenvalue weighted by Crippen LogP contribution is 2.48. The molecule has 0 radical (unpaired) electrons. The lowest BCUT2D eigenvalue weighted by molar-refractivity contribution is 0.203. The van der Waals surface area contributed by atoms with Crippen molar-refractivity contribution < 1.29 is 4.74 Å². The molecular formula is C16H24BrN3O. The van der Waals surface area contributed by atoms with Crippen LogP contribution >= 0.6 is 15.9 Å². The molecule has 0 unspecified atom stereocenters. The Kier molecular flexibility index (Phi) is 6.06. The van der Waals surface area contributed by atoms with E-state index in [1.54, 1.807) is 7.11 Å². The summed E-state index contributed by atoms with van der Waals surface area (Å²) >= 11 is 3.56. The summed E-state index contributed by atoms with van der Waals surface area (Å²) in [4.78, 5) is 4.75. The number of nitrogens with one attached hydrogen (secondary N) is 2. The van der Waals surface area contributed by atoms with Gasteiger partial charge in [0.25, 0.3) is 0 Å². The van der Waals surface area contributed by atoms with Crippen LogP contribution in [0.1, 0.15) is 25.3 Å². The largest absolute Gasteiger partial charge is 0.383 e. The quantitative estimate of drug-likeness (QED) is 0.450. The second kappa shape index (κ2) is 7.80. The summed E-state index contributed by atoms with van der Waals surface area (Å²) in [6, 6.07) is 8.59. The molecule has 2 rings (SSSR count). The molecule has 0 amide bonds. The van der Waals surface area contributed by atoms with E-state index in [0.29, 0.717) is 6.61 Å². The van der Waals surface area contributed by atoms with Crippen LogP contribution in [0.15, 0.2) is 33.7 Å². The van der Waals surface area contributed by atoms with Gasteiger partial charge in [-0.05, 0) is 37.5 Å². The van der Waals surface area contributed by atoms with E-state index < -0.39 is 0 Å². The average molecular weight is 354 g/mol. The van der Waals surface area contributed by atoms with Crippen molar-refractivity contribution >= 4 is 21.9 Å². The number of methoxy groups -OCH3 is 1. The summed E-state index contributed by atoms with van der Waals surface area (Å²) in [5, 5.41) is 6.57. The number of benzene rings is 1. The number of guanidine groups is 1. The van der Waals surface area contributed by atoms with Gasteiger partial charge >= 0.3 is 0 Å². The SMILES string of the molecule is CCNC(=NCC1(c2cccc(Br)c2)CC1)NCCOC. The van der Waals surface area contributed by atoms with Crippen molar-refractivity contribution in [1.29, 1.82) is 0 Å². The fourth-order valence-electron chi connectivity index (χ4n) is 2.35. The van der Waals surface area contributed by atoms with Crippen LogP contribution in [0.2, 0.25) is 0 Å². The summed E-state index contributed by atoms with van der Waals surface area (Å²) in [5.74, 6) is 0.871. The highest BCUT2D eigenvalue weighted by Gasteiger charge is 2.44. The Bertz CT molecular complexity index is 486. The normalized spacial score (nSPS) is 16.6. The Morgan fingerprint density at radius 3 is 2.81 bits per heavy atom. The fraction of sp³-hybridized carbons (Fsp3) is 0.562. The van der Waals surface area contributed by atoms with Gasteiger partial charge in [0.1, 0.15) is 0 Å². The third kappa shape index (κ3) is 4.71. The van der Waals surface area contributed by atoms with Gasteiger partial charge in [0.15, 0.2) is 5.96 Å². The first-order valence-corrected chi connectivity index (χ1v) is 8.26. The lowest BCUT2D eigenvalue weighted by Crippen LogP contribution is -2.39. The molecule has 0 aromatic heterocycles. The second-order valence-electron chi connectivity index (χ2n) is 5.41. The van der Waals surface area contributed by atoms with E-state index in [9.17, 15) is 0 Å². The lowest BCUT2D eigenvalue weighted by Gasteiger charge is -2.16. The third-order valence-corrected chi connectivity index (χ3v) is 4.27. The van der Waals surface area contributed by atoms with Crippen LogP contribution in [0.5, 0.6) is 0 Å². The van der Waals surface area contributed by atoms with Crippen molar-refractivity contribution in [2.24, 2.45) is 4.99 Å². The minimum atomic E-state index is 0.230. The van der Waals surface area contributed by atoms with Crippen LogP contribution in [-0.4, -0.2) is 39.3 Å². The molecule has 1 fully saturated rings. The Balaban J connectivity index is 1.99. The van der Waals surface area contributed by atoms with Gasteiger partial charge < -0.3 is 15.4 Å². The maximum Gasteiger partial charge on any atom is 0.191 e. The van der Waals surface area contributed by atoms with Crippen molar-refractivity contribution in [3.8, 4) is 0 Å². The first-order valence-electron chi connectivity index (χ1n) is 7.47. The number of rotatable bonds is 7. The number of aliphatic imine (C=N–C) groups is 1. The minimum absolute atomic E-state index is 0.230. The van der Waals surface area contributed by atoms with E-state index in [1.807, 2.05) is 0 Å². The molecule has 116 valence electrons. The fourth-order valence-corrected chi connectivity index (χ4v) is 2.75. The molecule has 0 saturated heterocycles. The molecule has 1 aromatic rings. The van der Waals surface area contributed by atoms with Crippen LogP contribution in [0.3, 0.4) is 0 Å². The first kappa shape index (κ1) is 16.3. The number of nitrogens with zero attached hydrogens (tertiary/aromatic N) is 1. The minimum Gasteiger partial charge on any atom is -0.383 e. The van der Waals surface area contributed by atoms with E-state index in [4.69, 9.17) is 9.73 Å². The van der Waals surface area contributed by atoms with E-state index in [-0.39, 0.29) is 5.41 Å². The molecule has 21 heavy (non-hydrogen) atoms. The summed E-state index contributed by atoms with van der Waals surface area (Å²) in [6.07, 6.45) is 2.43. The van der Waals surface area contributed by atoms with E-state index in [1.165, 1.54) is 18.4 Å². The van der Waals surface area contributed by atoms with Crippen molar-refractivity contribution in [3.63, 3.8) is 0 Å². The Morgan fingerprint density at radius 1 is 1.38 bits per heavy atom. The Morgan fingerprint density at radius 2 is 2.19 bits per heavy atom. The summed E-state index contributed by atoms with van der Waals surface area (Å²) in [6.45, 7) is 5.22. The highest BCUT2D eigenvalue weighted by molar-refractivity contribution is 9.10. The van der Waals surface area contributed by atoms with Crippen molar-refractivity contribution in [2.45, 2.75) is 25.2 Å². The second-order valence-corrected chi connectivity index (χ2v) is 6.32. The number of hydrogen-bond donors (Lipinski definition) is 2. The first-order chi connectivity index (χ1) is 10.2. The molecule has 0 atom stereocenters. The summed E-state index contributed by atoms with van der Waals surface area (Å²) in [5.41, 5.74) is 1.61. The van der Waals surface area contributed by atoms with E-state index >= 15 is 0 Å². The average Bonchev–Trinajstić information content (AvgIpc) is 3.26. The molecule has 0 aliphatic heterocycles. The van der Waals surface area contributed by atoms with Crippen molar-refractivity contribution in [3.05, 3.63) is 34.3 Å². The van der Waals surface area contributed by atoms with E-state index in [0.717, 1.165) is 30.1 Å². The van der Waals surface area contributed by atoms with Crippen molar-refractivity contribution in [2.75, 3.05) is 33.4 Å². The van der Waals surface area contributed by atoms with Crippen LogP contribution < -0.4 is 10.6 Å². The number of ether oxygens (including phenoxy) is 1. The van der Waals surface area contributed by atoms with Crippen molar-refractivity contribution in [1.82, 2.24) is 10.6 Å². The lowest BCUT2D eigenvalue weighted by atomic mass is 9.96. The van der Waals surface area contributed by atoms with Gasteiger partial charge in [0.2, 0.25) is 0 Å². The topological polar surface area (TPSA) is 45.7 Å². The molecular weight excluding hydrogens is 330 g/mol. The maximum absolute atomic E-state index is 5.06. The highest BCUT2D eigenvalue weighted by atomic mass is 79.9. The zero-order valence-electron chi connectivity index (χ0n) is 12.8. The van der Waals surface area contributed by atoms with Gasteiger partial charge in [0.05, 0.1) is 13.2 Å².